The maximum Gasteiger partial charge on any atom is 0.289 e. The van der Waals surface area contributed by atoms with Gasteiger partial charge in [-0.1, -0.05) is 20.8 Å². The molecule has 1 rings (SSSR count). The molecule has 0 fully saturated rings. The summed E-state index contributed by atoms with van der Waals surface area (Å²) in [6.07, 6.45) is 0. The summed E-state index contributed by atoms with van der Waals surface area (Å²) in [5.74, 6) is 0. The van der Waals surface area contributed by atoms with E-state index in [-0.39, 0.29) is 16.7 Å². The van der Waals surface area contributed by atoms with Crippen LogP contribution in [0.4, 0.5) is 11.4 Å². The minimum Gasteiger partial charge on any atom is -0.374 e. The van der Waals surface area contributed by atoms with E-state index in [1.807, 2.05) is 18.0 Å². The fraction of sp³-hybridized carbons (Fsp3) is 0.462. The number of nitrogens with zero attached hydrogens (tertiary/aromatic N) is 3. The van der Waals surface area contributed by atoms with Crippen LogP contribution in [0.3, 0.4) is 0 Å². The monoisotopic (exact) mass is 247 g/mol. The molecule has 0 heterocycles. The Hall–Kier alpha value is -2.09. The van der Waals surface area contributed by atoms with Gasteiger partial charge in [0.15, 0.2) is 0 Å². The first-order valence-corrected chi connectivity index (χ1v) is 5.64. The summed E-state index contributed by atoms with van der Waals surface area (Å²) in [5, 5.41) is 19.7. The van der Waals surface area contributed by atoms with Crippen molar-refractivity contribution in [3.05, 3.63) is 33.9 Å². The first kappa shape index (κ1) is 14.0. The van der Waals surface area contributed by atoms with E-state index >= 15 is 0 Å². The van der Waals surface area contributed by atoms with E-state index in [0.29, 0.717) is 0 Å². The van der Waals surface area contributed by atoms with Crippen molar-refractivity contribution in [2.24, 2.45) is 5.41 Å². The molecule has 0 saturated carbocycles. The van der Waals surface area contributed by atoms with E-state index in [1.54, 1.807) is 6.07 Å². The summed E-state index contributed by atoms with van der Waals surface area (Å²) in [4.78, 5) is 12.3. The van der Waals surface area contributed by atoms with Crippen LogP contribution in [0.25, 0.3) is 0 Å². The fourth-order valence-electron chi connectivity index (χ4n) is 1.81. The molecule has 5 nitrogen and oxygen atoms in total. The van der Waals surface area contributed by atoms with Crippen LogP contribution in [0.15, 0.2) is 18.2 Å². The molecule has 96 valence electrons. The number of hydrogen-bond donors (Lipinski definition) is 0. The van der Waals surface area contributed by atoms with E-state index in [4.69, 9.17) is 5.26 Å². The molecule has 0 saturated heterocycles. The Morgan fingerprint density at radius 1 is 1.44 bits per heavy atom. The number of nitro benzene ring substituents is 1. The van der Waals surface area contributed by atoms with Crippen molar-refractivity contribution < 1.29 is 4.92 Å². The van der Waals surface area contributed by atoms with E-state index in [0.717, 1.165) is 12.2 Å². The second kappa shape index (κ2) is 5.05. The van der Waals surface area contributed by atoms with Gasteiger partial charge in [-0.3, -0.25) is 10.1 Å². The zero-order valence-electron chi connectivity index (χ0n) is 11.1. The number of benzene rings is 1. The molecule has 0 aromatic heterocycles. The highest BCUT2D eigenvalue weighted by atomic mass is 16.6. The van der Waals surface area contributed by atoms with Crippen LogP contribution < -0.4 is 4.90 Å². The highest BCUT2D eigenvalue weighted by Gasteiger charge is 2.18. The summed E-state index contributed by atoms with van der Waals surface area (Å²) in [6, 6.07) is 6.51. The van der Waals surface area contributed by atoms with Gasteiger partial charge >= 0.3 is 0 Å². The van der Waals surface area contributed by atoms with Crippen molar-refractivity contribution in [1.82, 2.24) is 0 Å². The largest absolute Gasteiger partial charge is 0.374 e. The molecule has 0 bridgehead atoms. The second-order valence-corrected chi connectivity index (χ2v) is 5.49. The van der Waals surface area contributed by atoms with Gasteiger partial charge in [-0.05, 0) is 17.5 Å². The molecular weight excluding hydrogens is 230 g/mol. The Balaban J connectivity index is 3.09. The molecule has 0 aliphatic heterocycles. The van der Waals surface area contributed by atoms with E-state index in [2.05, 4.69) is 20.8 Å². The lowest BCUT2D eigenvalue weighted by Gasteiger charge is -2.28. The average molecular weight is 247 g/mol. The molecule has 18 heavy (non-hydrogen) atoms. The van der Waals surface area contributed by atoms with Gasteiger partial charge in [-0.2, -0.15) is 5.26 Å². The van der Waals surface area contributed by atoms with Crippen molar-refractivity contribution in [2.75, 3.05) is 18.5 Å². The smallest absolute Gasteiger partial charge is 0.289 e. The third-order valence-corrected chi connectivity index (χ3v) is 2.45. The number of anilines is 1. The normalized spacial score (nSPS) is 10.8. The number of hydrogen-bond acceptors (Lipinski definition) is 4. The third-order valence-electron chi connectivity index (χ3n) is 2.45. The van der Waals surface area contributed by atoms with E-state index < -0.39 is 4.92 Å². The molecule has 0 N–H and O–H groups in total. The quantitative estimate of drug-likeness (QED) is 0.608. The van der Waals surface area contributed by atoms with Gasteiger partial charge in [0.25, 0.3) is 5.69 Å². The minimum absolute atomic E-state index is 0.0907. The highest BCUT2D eigenvalue weighted by molar-refractivity contribution is 5.60. The molecule has 0 aliphatic carbocycles. The maximum absolute atomic E-state index is 10.9. The highest BCUT2D eigenvalue weighted by Crippen LogP contribution is 2.26. The SMILES string of the molecule is CN(CC(C)(C)C)c1ccc(C#N)c([N+](=O)[O-])c1. The maximum atomic E-state index is 10.9. The van der Waals surface area contributed by atoms with Crippen molar-refractivity contribution >= 4 is 11.4 Å². The third kappa shape index (κ3) is 3.45. The Labute approximate surface area is 107 Å². The average Bonchev–Trinajstić information content (AvgIpc) is 2.25. The van der Waals surface area contributed by atoms with E-state index in [1.165, 1.54) is 12.1 Å². The standard InChI is InChI=1S/C13H17N3O2/c1-13(2,3)9-15(4)11-6-5-10(8-14)12(7-11)16(17)18/h5-7H,9H2,1-4H3. The first-order chi connectivity index (χ1) is 8.24. The minimum atomic E-state index is -0.521. The number of nitro groups is 1. The number of nitriles is 1. The summed E-state index contributed by atoms with van der Waals surface area (Å²) in [6.45, 7) is 7.07. The summed E-state index contributed by atoms with van der Waals surface area (Å²) in [7, 11) is 1.89. The first-order valence-electron chi connectivity index (χ1n) is 5.64. The van der Waals surface area contributed by atoms with Crippen LogP contribution in [0.2, 0.25) is 0 Å². The van der Waals surface area contributed by atoms with Crippen molar-refractivity contribution in [3.8, 4) is 6.07 Å². The summed E-state index contributed by atoms with van der Waals surface area (Å²) in [5.41, 5.74) is 0.788. The van der Waals surface area contributed by atoms with Crippen LogP contribution in [-0.2, 0) is 0 Å². The predicted molar refractivity (Wildman–Crippen MR) is 70.5 cm³/mol. The molecule has 0 aliphatic rings. The number of rotatable bonds is 3. The van der Waals surface area contributed by atoms with Crippen LogP contribution in [0.5, 0.6) is 0 Å². The Kier molecular flexibility index (Phi) is 3.92. The molecule has 0 radical (unpaired) electrons. The summed E-state index contributed by atoms with van der Waals surface area (Å²) >= 11 is 0. The van der Waals surface area contributed by atoms with Crippen molar-refractivity contribution in [2.45, 2.75) is 20.8 Å². The topological polar surface area (TPSA) is 70.2 Å². The predicted octanol–water partition coefficient (Wildman–Crippen LogP) is 2.95. The lowest BCUT2D eigenvalue weighted by atomic mass is 9.96. The van der Waals surface area contributed by atoms with Crippen LogP contribution in [-0.4, -0.2) is 18.5 Å². The Bertz CT molecular complexity index is 498. The molecule has 0 atom stereocenters. The summed E-state index contributed by atoms with van der Waals surface area (Å²) < 4.78 is 0. The van der Waals surface area contributed by atoms with Gasteiger partial charge in [0.2, 0.25) is 0 Å². The van der Waals surface area contributed by atoms with Gasteiger partial charge in [0, 0.05) is 25.3 Å². The molecule has 0 spiro atoms. The molecule has 0 amide bonds. The second-order valence-electron chi connectivity index (χ2n) is 5.49. The zero-order chi connectivity index (χ0) is 13.9. The van der Waals surface area contributed by atoms with Gasteiger partial charge < -0.3 is 4.90 Å². The van der Waals surface area contributed by atoms with Crippen LogP contribution in [0, 0.1) is 26.9 Å². The van der Waals surface area contributed by atoms with Gasteiger partial charge in [-0.25, -0.2) is 0 Å². The molecular formula is C13H17N3O2. The van der Waals surface area contributed by atoms with Crippen LogP contribution in [0.1, 0.15) is 26.3 Å². The molecule has 1 aromatic rings. The van der Waals surface area contributed by atoms with Gasteiger partial charge in [-0.15, -0.1) is 0 Å². The van der Waals surface area contributed by atoms with Crippen molar-refractivity contribution in [3.63, 3.8) is 0 Å². The molecule has 0 unspecified atom stereocenters. The zero-order valence-corrected chi connectivity index (χ0v) is 11.1. The van der Waals surface area contributed by atoms with Gasteiger partial charge in [0.05, 0.1) is 4.92 Å². The molecule has 1 aromatic carbocycles. The van der Waals surface area contributed by atoms with E-state index in [9.17, 15) is 10.1 Å². The molecule has 5 heteroatoms. The lowest BCUT2D eigenvalue weighted by Crippen LogP contribution is -2.29. The lowest BCUT2D eigenvalue weighted by molar-refractivity contribution is -0.385. The van der Waals surface area contributed by atoms with Gasteiger partial charge in [0.1, 0.15) is 11.6 Å². The Morgan fingerprint density at radius 3 is 2.50 bits per heavy atom. The fourth-order valence-corrected chi connectivity index (χ4v) is 1.81. The van der Waals surface area contributed by atoms with Crippen molar-refractivity contribution in [1.29, 1.82) is 5.26 Å². The Morgan fingerprint density at radius 2 is 2.06 bits per heavy atom. The van der Waals surface area contributed by atoms with Crippen LogP contribution >= 0.6 is 0 Å².